The topological polar surface area (TPSA) is 66.2 Å². The summed E-state index contributed by atoms with van der Waals surface area (Å²) in [4.78, 5) is 10.9. The molecule has 1 aliphatic rings. The predicted octanol–water partition coefficient (Wildman–Crippen LogP) is 5.46. The molecule has 160 valence electrons. The van der Waals surface area contributed by atoms with Crippen molar-refractivity contribution in [2.45, 2.75) is 12.1 Å². The molecule has 0 aliphatic carbocycles. The maximum absolute atomic E-state index is 10.7. The van der Waals surface area contributed by atoms with Gasteiger partial charge in [-0.15, -0.1) is 0 Å². The number of nitrogens with one attached hydrogen (secondary N) is 1. The van der Waals surface area contributed by atoms with Crippen LogP contribution in [0.1, 0.15) is 23.5 Å². The van der Waals surface area contributed by atoms with E-state index in [1.54, 1.807) is 36.7 Å². The maximum atomic E-state index is 10.7. The summed E-state index contributed by atoms with van der Waals surface area (Å²) in [5.74, 6) is 0.787. The van der Waals surface area contributed by atoms with Crippen LogP contribution in [-0.4, -0.2) is 24.8 Å². The highest BCUT2D eigenvalue weighted by Gasteiger charge is 2.43. The average Bonchev–Trinajstić information content (AvgIpc) is 3.41. The Bertz CT molecular complexity index is 1280. The molecule has 1 aromatic carbocycles. The third-order valence-corrected chi connectivity index (χ3v) is 6.11. The Morgan fingerprint density at radius 3 is 2.56 bits per heavy atom. The van der Waals surface area contributed by atoms with E-state index >= 15 is 0 Å². The number of phenolic OH excluding ortho intramolecular Hbond substituents is 1. The molecule has 2 N–H and O–H groups in total. The first kappa shape index (κ1) is 20.8. The van der Waals surface area contributed by atoms with Gasteiger partial charge in [0.2, 0.25) is 0 Å². The Morgan fingerprint density at radius 2 is 1.81 bits per heavy atom. The van der Waals surface area contributed by atoms with Gasteiger partial charge in [-0.1, -0.05) is 29.3 Å². The van der Waals surface area contributed by atoms with Crippen molar-refractivity contribution >= 4 is 46.2 Å². The monoisotopic (exact) mass is 481 g/mol. The molecular formula is C23H17Cl2N5OS. The number of hydrogen-bond donors (Lipinski definition) is 2. The van der Waals surface area contributed by atoms with Gasteiger partial charge in [0.25, 0.3) is 0 Å². The number of thiocarbonyl (C=S) groups is 1. The zero-order chi connectivity index (χ0) is 22.2. The second-order valence-corrected chi connectivity index (χ2v) is 8.53. The van der Waals surface area contributed by atoms with E-state index in [2.05, 4.69) is 15.3 Å². The Hall–Kier alpha value is -3.13. The molecule has 6 nitrogen and oxygen atoms in total. The maximum Gasteiger partial charge on any atom is 0.174 e. The fourth-order valence-corrected chi connectivity index (χ4v) is 4.58. The van der Waals surface area contributed by atoms with Crippen molar-refractivity contribution in [1.82, 2.24) is 19.9 Å². The summed E-state index contributed by atoms with van der Waals surface area (Å²) < 4.78 is 1.97. The van der Waals surface area contributed by atoms with E-state index in [-0.39, 0.29) is 17.8 Å². The molecule has 0 spiro atoms. The number of hydrogen-bond acceptors (Lipinski definition) is 4. The predicted molar refractivity (Wildman–Crippen MR) is 130 cm³/mol. The third kappa shape index (κ3) is 3.68. The standard InChI is InChI=1S/C23H17Cl2N5OS/c24-14-6-8-19(31)18(12-14)30-22(21(28-23(30)32)16-4-1-2-10-26-16)17-5-3-11-29(17)20-9-7-15(25)13-27-20/h1-13,21-22,31H,(H,28,32)/t21-,22+/m0/s1. The summed E-state index contributed by atoms with van der Waals surface area (Å²) in [6.45, 7) is 0. The van der Waals surface area contributed by atoms with Crippen molar-refractivity contribution in [1.29, 1.82) is 0 Å². The number of phenols is 1. The summed E-state index contributed by atoms with van der Waals surface area (Å²) in [7, 11) is 0. The summed E-state index contributed by atoms with van der Waals surface area (Å²) in [5, 5.41) is 15.6. The first-order valence-electron chi connectivity index (χ1n) is 9.81. The van der Waals surface area contributed by atoms with Crippen LogP contribution in [0, 0.1) is 0 Å². The molecule has 1 fully saturated rings. The largest absolute Gasteiger partial charge is 0.506 e. The molecule has 4 heterocycles. The van der Waals surface area contributed by atoms with Gasteiger partial charge < -0.3 is 19.9 Å². The summed E-state index contributed by atoms with van der Waals surface area (Å²) >= 11 is 18.0. The van der Waals surface area contributed by atoms with Gasteiger partial charge in [0.15, 0.2) is 5.11 Å². The molecule has 9 heteroatoms. The molecule has 1 saturated heterocycles. The first-order chi connectivity index (χ1) is 15.5. The quantitative estimate of drug-likeness (QED) is 0.377. The number of pyridine rings is 2. The summed E-state index contributed by atoms with van der Waals surface area (Å²) in [6, 6.07) is 17.6. The molecule has 5 rings (SSSR count). The first-order valence-corrected chi connectivity index (χ1v) is 11.0. The van der Waals surface area contributed by atoms with Crippen molar-refractivity contribution in [3.8, 4) is 11.6 Å². The average molecular weight is 482 g/mol. The fourth-order valence-electron chi connectivity index (χ4n) is 3.96. The molecule has 0 unspecified atom stereocenters. The van der Waals surface area contributed by atoms with Gasteiger partial charge in [-0.3, -0.25) is 4.98 Å². The molecule has 4 aromatic rings. The van der Waals surface area contributed by atoms with E-state index < -0.39 is 0 Å². The van der Waals surface area contributed by atoms with Crippen molar-refractivity contribution in [3.63, 3.8) is 0 Å². The van der Waals surface area contributed by atoms with Crippen LogP contribution in [0.15, 0.2) is 79.3 Å². The third-order valence-electron chi connectivity index (χ3n) is 5.34. The number of benzene rings is 1. The number of nitrogens with zero attached hydrogens (tertiary/aromatic N) is 4. The SMILES string of the molecule is Oc1ccc(Cl)cc1N1C(=S)N[C@@H](c2ccccn2)[C@H]1c1cccn1-c1ccc(Cl)cn1. The van der Waals surface area contributed by atoms with Crippen LogP contribution in [0.2, 0.25) is 10.0 Å². The molecule has 3 aromatic heterocycles. The molecule has 0 radical (unpaired) electrons. The highest BCUT2D eigenvalue weighted by atomic mass is 35.5. The van der Waals surface area contributed by atoms with E-state index in [0.717, 1.165) is 11.4 Å². The molecule has 0 amide bonds. The molecule has 0 bridgehead atoms. The number of aromatic hydroxyl groups is 1. The fraction of sp³-hybridized carbons (Fsp3) is 0.0870. The highest BCUT2D eigenvalue weighted by molar-refractivity contribution is 7.80. The van der Waals surface area contributed by atoms with Gasteiger partial charge >= 0.3 is 0 Å². The number of aromatic nitrogens is 3. The lowest BCUT2D eigenvalue weighted by Gasteiger charge is -2.29. The number of halogens is 2. The lowest BCUT2D eigenvalue weighted by molar-refractivity contribution is 0.472. The molecular weight excluding hydrogens is 465 g/mol. The van der Waals surface area contributed by atoms with Crippen LogP contribution in [0.3, 0.4) is 0 Å². The van der Waals surface area contributed by atoms with E-state index in [4.69, 9.17) is 35.4 Å². The van der Waals surface area contributed by atoms with Crippen molar-refractivity contribution in [2.24, 2.45) is 0 Å². The van der Waals surface area contributed by atoms with E-state index in [9.17, 15) is 5.11 Å². The van der Waals surface area contributed by atoms with Crippen LogP contribution in [0.4, 0.5) is 5.69 Å². The zero-order valence-electron chi connectivity index (χ0n) is 16.6. The summed E-state index contributed by atoms with van der Waals surface area (Å²) in [5.41, 5.74) is 2.23. The Labute approximate surface area is 200 Å². The zero-order valence-corrected chi connectivity index (χ0v) is 18.9. The minimum atomic E-state index is -0.339. The number of anilines is 1. The minimum Gasteiger partial charge on any atom is -0.506 e. The molecule has 2 atom stereocenters. The molecule has 0 saturated carbocycles. The Morgan fingerprint density at radius 1 is 0.969 bits per heavy atom. The Kier molecular flexibility index (Phi) is 5.46. The highest BCUT2D eigenvalue weighted by Crippen LogP contribution is 2.45. The van der Waals surface area contributed by atoms with Crippen molar-refractivity contribution < 1.29 is 5.11 Å². The van der Waals surface area contributed by atoms with Gasteiger partial charge in [-0.2, -0.15) is 0 Å². The van der Waals surface area contributed by atoms with Gasteiger partial charge in [-0.05, 0) is 66.8 Å². The number of rotatable bonds is 4. The minimum absolute atomic E-state index is 0.0768. The molecule has 1 aliphatic heterocycles. The van der Waals surface area contributed by atoms with Crippen molar-refractivity contribution in [2.75, 3.05) is 4.90 Å². The summed E-state index contributed by atoms with van der Waals surface area (Å²) in [6.07, 6.45) is 5.28. The normalized spacial score (nSPS) is 18.1. The lowest BCUT2D eigenvalue weighted by atomic mass is 10.0. The smallest absolute Gasteiger partial charge is 0.174 e. The van der Waals surface area contributed by atoms with Crippen LogP contribution < -0.4 is 10.2 Å². The van der Waals surface area contributed by atoms with E-state index in [1.165, 1.54) is 0 Å². The Balaban J connectivity index is 1.69. The lowest BCUT2D eigenvalue weighted by Crippen LogP contribution is -2.30. The van der Waals surface area contributed by atoms with Gasteiger partial charge in [0, 0.05) is 29.3 Å². The second kappa shape index (κ2) is 8.43. The van der Waals surface area contributed by atoms with Crippen LogP contribution in [0.25, 0.3) is 5.82 Å². The van der Waals surface area contributed by atoms with Gasteiger partial charge in [-0.25, -0.2) is 4.98 Å². The molecule has 32 heavy (non-hydrogen) atoms. The van der Waals surface area contributed by atoms with E-state index in [0.29, 0.717) is 26.7 Å². The van der Waals surface area contributed by atoms with Crippen LogP contribution in [0.5, 0.6) is 5.75 Å². The second-order valence-electron chi connectivity index (χ2n) is 7.27. The van der Waals surface area contributed by atoms with Gasteiger partial charge in [0.05, 0.1) is 22.4 Å². The van der Waals surface area contributed by atoms with Gasteiger partial charge in [0.1, 0.15) is 17.6 Å². The van der Waals surface area contributed by atoms with E-state index in [1.807, 2.05) is 52.1 Å². The van der Waals surface area contributed by atoms with Crippen LogP contribution in [-0.2, 0) is 0 Å². The van der Waals surface area contributed by atoms with Crippen molar-refractivity contribution in [3.05, 3.63) is 101 Å². The van der Waals surface area contributed by atoms with Crippen LogP contribution >= 0.6 is 35.4 Å².